The molecule has 1 aliphatic rings. The average molecular weight is 354 g/mol. The van der Waals surface area contributed by atoms with Crippen LogP contribution in [0.15, 0.2) is 42.5 Å². The quantitative estimate of drug-likeness (QED) is 0.836. The van der Waals surface area contributed by atoms with Gasteiger partial charge in [-0.2, -0.15) is 0 Å². The van der Waals surface area contributed by atoms with Crippen LogP contribution < -0.4 is 15.0 Å². The maximum Gasteiger partial charge on any atom is 0.340 e. The predicted molar refractivity (Wildman–Crippen MR) is 99.9 cm³/mol. The van der Waals surface area contributed by atoms with Gasteiger partial charge in [0.1, 0.15) is 5.75 Å². The van der Waals surface area contributed by atoms with E-state index in [4.69, 9.17) is 9.47 Å². The summed E-state index contributed by atoms with van der Waals surface area (Å²) in [7, 11) is 3.35. The molecule has 0 atom stereocenters. The van der Waals surface area contributed by atoms with Gasteiger partial charge in [0.05, 0.1) is 12.7 Å². The number of rotatable bonds is 5. The molecule has 2 aromatic carbocycles. The number of hydrogen-bond acceptors (Lipinski definition) is 5. The van der Waals surface area contributed by atoms with E-state index >= 15 is 0 Å². The lowest BCUT2D eigenvalue weighted by atomic mass is 10.0. The highest BCUT2D eigenvalue weighted by Crippen LogP contribution is 2.30. The number of carbonyl (C=O) groups excluding carboxylic acids is 2. The molecule has 0 saturated carbocycles. The molecule has 0 aromatic heterocycles. The molecule has 3 rings (SSSR count). The molecule has 0 spiro atoms. The Bertz CT molecular complexity index is 819. The molecule has 1 amide bonds. The van der Waals surface area contributed by atoms with Crippen LogP contribution in [-0.2, 0) is 16.0 Å². The number of aryl methyl sites for hydroxylation is 1. The van der Waals surface area contributed by atoms with Crippen LogP contribution >= 0.6 is 0 Å². The Morgan fingerprint density at radius 3 is 2.77 bits per heavy atom. The lowest BCUT2D eigenvalue weighted by molar-refractivity contribution is -0.121. The van der Waals surface area contributed by atoms with E-state index < -0.39 is 5.97 Å². The highest BCUT2D eigenvalue weighted by molar-refractivity contribution is 5.99. The van der Waals surface area contributed by atoms with E-state index in [1.54, 1.807) is 37.3 Å². The SMILES string of the molecule is CNc1ccccc1C(=O)OCC(=O)N1CCCc2cc(OC)ccc21. The van der Waals surface area contributed by atoms with Crippen LogP contribution in [0.5, 0.6) is 5.75 Å². The molecule has 6 nitrogen and oxygen atoms in total. The molecule has 26 heavy (non-hydrogen) atoms. The molecule has 1 heterocycles. The van der Waals surface area contributed by atoms with Gasteiger partial charge in [0, 0.05) is 25.0 Å². The van der Waals surface area contributed by atoms with E-state index in [1.165, 1.54) is 0 Å². The summed E-state index contributed by atoms with van der Waals surface area (Å²) in [6.07, 6.45) is 1.76. The monoisotopic (exact) mass is 354 g/mol. The summed E-state index contributed by atoms with van der Waals surface area (Å²) >= 11 is 0. The fraction of sp³-hybridized carbons (Fsp3) is 0.300. The zero-order chi connectivity index (χ0) is 18.5. The Morgan fingerprint density at radius 1 is 1.19 bits per heavy atom. The van der Waals surface area contributed by atoms with Gasteiger partial charge in [-0.25, -0.2) is 4.79 Å². The highest BCUT2D eigenvalue weighted by Gasteiger charge is 2.24. The number of anilines is 2. The second kappa shape index (κ2) is 7.91. The molecule has 136 valence electrons. The Balaban J connectivity index is 1.69. The van der Waals surface area contributed by atoms with Crippen molar-refractivity contribution >= 4 is 23.3 Å². The van der Waals surface area contributed by atoms with Crippen LogP contribution in [0.4, 0.5) is 11.4 Å². The lowest BCUT2D eigenvalue weighted by Gasteiger charge is -2.29. The number of nitrogens with zero attached hydrogens (tertiary/aromatic N) is 1. The van der Waals surface area contributed by atoms with Gasteiger partial charge >= 0.3 is 5.97 Å². The fourth-order valence-electron chi connectivity index (χ4n) is 3.12. The number of carbonyl (C=O) groups is 2. The van der Waals surface area contributed by atoms with Gasteiger partial charge in [-0.3, -0.25) is 4.79 Å². The first-order valence-electron chi connectivity index (χ1n) is 8.55. The highest BCUT2D eigenvalue weighted by atomic mass is 16.5. The number of para-hydroxylation sites is 1. The van der Waals surface area contributed by atoms with Crippen LogP contribution in [0, 0.1) is 0 Å². The Kier molecular flexibility index (Phi) is 5.41. The third-order valence-electron chi connectivity index (χ3n) is 4.45. The van der Waals surface area contributed by atoms with E-state index in [9.17, 15) is 9.59 Å². The summed E-state index contributed by atoms with van der Waals surface area (Å²) in [5, 5.41) is 2.94. The van der Waals surface area contributed by atoms with Crippen LogP contribution in [0.2, 0.25) is 0 Å². The van der Waals surface area contributed by atoms with E-state index in [-0.39, 0.29) is 12.5 Å². The molecule has 0 aliphatic carbocycles. The van der Waals surface area contributed by atoms with Crippen molar-refractivity contribution in [2.75, 3.05) is 37.5 Å². The minimum atomic E-state index is -0.518. The summed E-state index contributed by atoms with van der Waals surface area (Å²) in [6.45, 7) is 0.325. The van der Waals surface area contributed by atoms with Crippen molar-refractivity contribution in [1.82, 2.24) is 0 Å². The van der Waals surface area contributed by atoms with Gasteiger partial charge in [0.15, 0.2) is 6.61 Å². The average Bonchev–Trinajstić information content (AvgIpc) is 2.70. The van der Waals surface area contributed by atoms with Gasteiger partial charge in [-0.1, -0.05) is 12.1 Å². The maximum absolute atomic E-state index is 12.6. The second-order valence-electron chi connectivity index (χ2n) is 6.02. The maximum atomic E-state index is 12.6. The van der Waals surface area contributed by atoms with Crippen molar-refractivity contribution in [2.24, 2.45) is 0 Å². The van der Waals surface area contributed by atoms with E-state index in [0.29, 0.717) is 17.8 Å². The second-order valence-corrected chi connectivity index (χ2v) is 6.02. The summed E-state index contributed by atoms with van der Waals surface area (Å²) in [5.74, 6) is 0.0230. The van der Waals surface area contributed by atoms with Crippen molar-refractivity contribution in [3.05, 3.63) is 53.6 Å². The molecule has 1 aliphatic heterocycles. The first-order valence-corrected chi connectivity index (χ1v) is 8.55. The zero-order valence-corrected chi connectivity index (χ0v) is 15.0. The number of benzene rings is 2. The van der Waals surface area contributed by atoms with Crippen LogP contribution in [0.3, 0.4) is 0 Å². The van der Waals surface area contributed by atoms with E-state index in [2.05, 4.69) is 5.32 Å². The summed E-state index contributed by atoms with van der Waals surface area (Å²) in [5.41, 5.74) is 3.00. The van der Waals surface area contributed by atoms with Gasteiger partial charge < -0.3 is 19.7 Å². The van der Waals surface area contributed by atoms with Gasteiger partial charge in [-0.15, -0.1) is 0 Å². The number of ether oxygens (including phenoxy) is 2. The van der Waals surface area contributed by atoms with Crippen LogP contribution in [0.1, 0.15) is 22.3 Å². The van der Waals surface area contributed by atoms with Crippen molar-refractivity contribution in [2.45, 2.75) is 12.8 Å². The van der Waals surface area contributed by atoms with Gasteiger partial charge in [-0.05, 0) is 48.7 Å². The molecule has 0 radical (unpaired) electrons. The van der Waals surface area contributed by atoms with Crippen molar-refractivity contribution in [3.8, 4) is 5.75 Å². The largest absolute Gasteiger partial charge is 0.497 e. The van der Waals surface area contributed by atoms with E-state index in [1.807, 2.05) is 24.3 Å². The molecule has 6 heteroatoms. The number of amides is 1. The Labute approximate surface area is 152 Å². The molecule has 1 N–H and O–H groups in total. The number of nitrogens with one attached hydrogen (secondary N) is 1. The van der Waals surface area contributed by atoms with E-state index in [0.717, 1.165) is 29.8 Å². The molecule has 2 aromatic rings. The minimum Gasteiger partial charge on any atom is -0.497 e. The molecular formula is C20H22N2O4. The molecule has 0 fully saturated rings. The predicted octanol–water partition coefficient (Wildman–Crippen LogP) is 2.87. The van der Waals surface area contributed by atoms with Gasteiger partial charge in [0.25, 0.3) is 5.91 Å². The normalized spacial score (nSPS) is 12.9. The summed E-state index contributed by atoms with van der Waals surface area (Å²) < 4.78 is 10.5. The third kappa shape index (κ3) is 3.64. The van der Waals surface area contributed by atoms with Crippen LogP contribution in [0.25, 0.3) is 0 Å². The topological polar surface area (TPSA) is 67.9 Å². The minimum absolute atomic E-state index is 0.230. The molecule has 0 bridgehead atoms. The number of methoxy groups -OCH3 is 1. The lowest BCUT2D eigenvalue weighted by Crippen LogP contribution is -2.38. The van der Waals surface area contributed by atoms with Crippen LogP contribution in [-0.4, -0.2) is 39.2 Å². The third-order valence-corrected chi connectivity index (χ3v) is 4.45. The molecule has 0 unspecified atom stereocenters. The Hall–Kier alpha value is -3.02. The number of hydrogen-bond donors (Lipinski definition) is 1. The summed E-state index contributed by atoms with van der Waals surface area (Å²) in [6, 6.07) is 12.7. The standard InChI is InChI=1S/C20H22N2O4/c1-21-17-8-4-3-7-16(17)20(24)26-13-19(23)22-11-5-6-14-12-15(25-2)9-10-18(14)22/h3-4,7-10,12,21H,5-6,11,13H2,1-2H3. The fourth-order valence-corrected chi connectivity index (χ4v) is 3.12. The van der Waals surface area contributed by atoms with Crippen molar-refractivity contribution in [3.63, 3.8) is 0 Å². The number of fused-ring (bicyclic) bond motifs is 1. The summed E-state index contributed by atoms with van der Waals surface area (Å²) in [4.78, 5) is 26.6. The Morgan fingerprint density at radius 2 is 2.00 bits per heavy atom. The number of esters is 1. The zero-order valence-electron chi connectivity index (χ0n) is 15.0. The molecule has 0 saturated heterocycles. The smallest absolute Gasteiger partial charge is 0.340 e. The van der Waals surface area contributed by atoms with Crippen molar-refractivity contribution < 1.29 is 19.1 Å². The molecular weight excluding hydrogens is 332 g/mol. The van der Waals surface area contributed by atoms with Crippen molar-refractivity contribution in [1.29, 1.82) is 0 Å². The first kappa shape index (κ1) is 17.8. The van der Waals surface area contributed by atoms with Gasteiger partial charge in [0.2, 0.25) is 0 Å². The first-order chi connectivity index (χ1) is 12.6.